The Morgan fingerprint density at radius 1 is 1.23 bits per heavy atom. The maximum atomic E-state index is 12.9. The van der Waals surface area contributed by atoms with Gasteiger partial charge in [-0.3, -0.25) is 4.79 Å². The van der Waals surface area contributed by atoms with Gasteiger partial charge in [0.05, 0.1) is 25.7 Å². The quantitative estimate of drug-likeness (QED) is 0.637. The second kappa shape index (κ2) is 8.87. The van der Waals surface area contributed by atoms with E-state index in [1.807, 2.05) is 0 Å². The first-order chi connectivity index (χ1) is 9.89. The minimum absolute atomic E-state index is 0.00415. The first kappa shape index (κ1) is 20.6. The normalized spacial score (nSPS) is 13.5. The van der Waals surface area contributed by atoms with Crippen molar-refractivity contribution in [2.45, 2.75) is 64.5 Å². The molecule has 0 spiro atoms. The predicted octanol–water partition coefficient (Wildman–Crippen LogP) is 2.81. The van der Waals surface area contributed by atoms with Crippen molar-refractivity contribution >= 4 is 12.1 Å². The van der Waals surface area contributed by atoms with Crippen LogP contribution in [0, 0.1) is 0 Å². The number of carboxylic acids is 1. The number of ether oxygens (including phenoxy) is 2. The van der Waals surface area contributed by atoms with E-state index in [9.17, 15) is 18.4 Å². The number of rotatable bonds is 9. The van der Waals surface area contributed by atoms with Gasteiger partial charge in [-0.2, -0.15) is 0 Å². The van der Waals surface area contributed by atoms with Gasteiger partial charge in [-0.1, -0.05) is 0 Å². The lowest BCUT2D eigenvalue weighted by molar-refractivity contribution is -0.138. The van der Waals surface area contributed by atoms with Crippen LogP contribution in [0.15, 0.2) is 0 Å². The van der Waals surface area contributed by atoms with E-state index < -0.39 is 36.0 Å². The molecule has 0 heterocycles. The first-order valence-corrected chi connectivity index (χ1v) is 7.06. The number of alkyl carbamates (subject to hydrolysis) is 1. The monoisotopic (exact) mass is 325 g/mol. The second-order valence-corrected chi connectivity index (χ2v) is 6.17. The number of carbonyl (C=O) groups excluding carboxylic acids is 1. The fraction of sp³-hybridized carbons (Fsp3) is 0.857. The summed E-state index contributed by atoms with van der Waals surface area (Å²) < 4.78 is 36.0. The fourth-order valence-corrected chi connectivity index (χ4v) is 1.48. The van der Waals surface area contributed by atoms with Crippen LogP contribution < -0.4 is 5.32 Å². The van der Waals surface area contributed by atoms with Gasteiger partial charge < -0.3 is 19.9 Å². The summed E-state index contributed by atoms with van der Waals surface area (Å²) in [6, 6.07) is -0.672. The molecule has 1 atom stereocenters. The molecule has 0 aliphatic rings. The van der Waals surface area contributed by atoms with Crippen LogP contribution in [0.1, 0.15) is 47.0 Å². The van der Waals surface area contributed by atoms with Gasteiger partial charge in [-0.25, -0.2) is 13.6 Å². The number of hydrogen-bond donors (Lipinski definition) is 2. The molecule has 0 bridgehead atoms. The molecule has 0 aromatic rings. The van der Waals surface area contributed by atoms with Crippen LogP contribution in [0.25, 0.3) is 0 Å². The molecule has 0 saturated heterocycles. The zero-order valence-electron chi connectivity index (χ0n) is 13.4. The van der Waals surface area contributed by atoms with Crippen molar-refractivity contribution in [1.82, 2.24) is 5.32 Å². The largest absolute Gasteiger partial charge is 0.481 e. The number of amides is 1. The highest BCUT2D eigenvalue weighted by Crippen LogP contribution is 2.20. The maximum absolute atomic E-state index is 12.9. The highest BCUT2D eigenvalue weighted by Gasteiger charge is 2.25. The van der Waals surface area contributed by atoms with Gasteiger partial charge in [0, 0.05) is 6.42 Å². The zero-order chi connectivity index (χ0) is 17.4. The Labute approximate surface area is 129 Å². The summed E-state index contributed by atoms with van der Waals surface area (Å²) in [5.41, 5.74) is -0.701. The molecule has 8 heteroatoms. The Morgan fingerprint density at radius 2 is 1.82 bits per heavy atom. The molecule has 6 nitrogen and oxygen atoms in total. The summed E-state index contributed by atoms with van der Waals surface area (Å²) in [5, 5.41) is 11.0. The van der Waals surface area contributed by atoms with Gasteiger partial charge in [0.15, 0.2) is 0 Å². The van der Waals surface area contributed by atoms with Crippen molar-refractivity contribution in [1.29, 1.82) is 0 Å². The summed E-state index contributed by atoms with van der Waals surface area (Å²) >= 11 is 0. The zero-order valence-corrected chi connectivity index (χ0v) is 13.4. The van der Waals surface area contributed by atoms with Crippen LogP contribution in [0.4, 0.5) is 13.6 Å². The second-order valence-electron chi connectivity index (χ2n) is 6.17. The summed E-state index contributed by atoms with van der Waals surface area (Å²) in [6.07, 6.45) is -1.34. The van der Waals surface area contributed by atoms with Crippen LogP contribution in [-0.4, -0.2) is 47.9 Å². The van der Waals surface area contributed by atoms with Crippen molar-refractivity contribution < 1.29 is 33.0 Å². The molecule has 1 amide bonds. The standard InChI is InChI=1S/C14H25F2NO5/c1-13(2,3)22-12(20)17-10(5-7-14(4,15)16)9-21-8-6-11(18)19/h10H,5-9H2,1-4H3,(H,17,20)(H,18,19)/t10-/m0/s1. The fourth-order valence-electron chi connectivity index (χ4n) is 1.48. The number of carboxylic acid groups (broad SMARTS) is 1. The summed E-state index contributed by atoms with van der Waals surface area (Å²) in [6.45, 7) is 5.75. The molecule has 0 rings (SSSR count). The molecular formula is C14H25F2NO5. The van der Waals surface area contributed by atoms with Crippen LogP contribution in [-0.2, 0) is 14.3 Å². The van der Waals surface area contributed by atoms with Crippen LogP contribution in [0.2, 0.25) is 0 Å². The third-order valence-corrected chi connectivity index (χ3v) is 2.43. The smallest absolute Gasteiger partial charge is 0.407 e. The van der Waals surface area contributed by atoms with E-state index in [-0.39, 0.29) is 26.1 Å². The lowest BCUT2D eigenvalue weighted by Gasteiger charge is -2.24. The summed E-state index contributed by atoms with van der Waals surface area (Å²) in [7, 11) is 0. The third-order valence-electron chi connectivity index (χ3n) is 2.43. The van der Waals surface area contributed by atoms with Gasteiger partial charge in [0.25, 0.3) is 0 Å². The molecule has 0 aliphatic heterocycles. The SMILES string of the molecule is CC(F)(F)CC[C@@H](COCCC(=O)O)NC(=O)OC(C)(C)C. The van der Waals surface area contributed by atoms with E-state index in [1.165, 1.54) is 0 Å². The maximum Gasteiger partial charge on any atom is 0.407 e. The van der Waals surface area contributed by atoms with Crippen molar-refractivity contribution in [3.8, 4) is 0 Å². The Kier molecular flexibility index (Phi) is 8.29. The lowest BCUT2D eigenvalue weighted by atomic mass is 10.1. The van der Waals surface area contributed by atoms with Gasteiger partial charge in [-0.15, -0.1) is 0 Å². The van der Waals surface area contributed by atoms with Crippen LogP contribution in [0.5, 0.6) is 0 Å². The molecule has 0 radical (unpaired) electrons. The Bertz CT molecular complexity index is 363. The van der Waals surface area contributed by atoms with Gasteiger partial charge in [-0.05, 0) is 34.1 Å². The van der Waals surface area contributed by atoms with E-state index in [0.717, 1.165) is 6.92 Å². The van der Waals surface area contributed by atoms with Crippen molar-refractivity contribution in [2.75, 3.05) is 13.2 Å². The number of carbonyl (C=O) groups is 2. The molecule has 0 saturated carbocycles. The third kappa shape index (κ3) is 13.5. The highest BCUT2D eigenvalue weighted by molar-refractivity contribution is 5.68. The van der Waals surface area contributed by atoms with E-state index in [2.05, 4.69) is 5.32 Å². The Balaban J connectivity index is 4.38. The first-order valence-electron chi connectivity index (χ1n) is 7.06. The van der Waals surface area contributed by atoms with E-state index in [1.54, 1.807) is 20.8 Å². The number of aliphatic carboxylic acids is 1. The summed E-state index contributed by atoms with van der Waals surface area (Å²) in [4.78, 5) is 22.0. The number of nitrogens with one attached hydrogen (secondary N) is 1. The Hall–Kier alpha value is -1.44. The van der Waals surface area contributed by atoms with Gasteiger partial charge in [0.2, 0.25) is 5.92 Å². The summed E-state index contributed by atoms with van der Waals surface area (Å²) in [5.74, 6) is -3.87. The predicted molar refractivity (Wildman–Crippen MR) is 76.1 cm³/mol. The molecule has 0 unspecified atom stereocenters. The number of hydrogen-bond acceptors (Lipinski definition) is 4. The molecule has 0 aliphatic carbocycles. The molecule has 0 fully saturated rings. The number of halogens is 2. The van der Waals surface area contributed by atoms with Gasteiger partial charge in [0.1, 0.15) is 5.60 Å². The van der Waals surface area contributed by atoms with Crippen LogP contribution >= 0.6 is 0 Å². The van der Waals surface area contributed by atoms with Crippen molar-refractivity contribution in [3.05, 3.63) is 0 Å². The molecule has 2 N–H and O–H groups in total. The molecule has 0 aromatic carbocycles. The molecule has 22 heavy (non-hydrogen) atoms. The van der Waals surface area contributed by atoms with E-state index in [4.69, 9.17) is 14.6 Å². The number of alkyl halides is 2. The Morgan fingerprint density at radius 3 is 2.27 bits per heavy atom. The minimum atomic E-state index is -2.85. The van der Waals surface area contributed by atoms with Crippen molar-refractivity contribution in [3.63, 3.8) is 0 Å². The van der Waals surface area contributed by atoms with Crippen LogP contribution in [0.3, 0.4) is 0 Å². The van der Waals surface area contributed by atoms with Crippen molar-refractivity contribution in [2.24, 2.45) is 0 Å². The topological polar surface area (TPSA) is 84.9 Å². The minimum Gasteiger partial charge on any atom is -0.481 e. The molecule has 0 aromatic heterocycles. The lowest BCUT2D eigenvalue weighted by Crippen LogP contribution is -2.42. The average molecular weight is 325 g/mol. The molecular weight excluding hydrogens is 300 g/mol. The van der Waals surface area contributed by atoms with Gasteiger partial charge >= 0.3 is 12.1 Å². The van der Waals surface area contributed by atoms with E-state index >= 15 is 0 Å². The highest BCUT2D eigenvalue weighted by atomic mass is 19.3. The van der Waals surface area contributed by atoms with E-state index in [0.29, 0.717) is 0 Å². The average Bonchev–Trinajstić information content (AvgIpc) is 2.27. The molecule has 130 valence electrons.